The van der Waals surface area contributed by atoms with Gasteiger partial charge in [0.25, 0.3) is 11.6 Å². The lowest BCUT2D eigenvalue weighted by Gasteiger charge is -2.08. The molecule has 0 aliphatic rings. The van der Waals surface area contributed by atoms with E-state index in [0.29, 0.717) is 11.6 Å². The van der Waals surface area contributed by atoms with Crippen LogP contribution in [0.2, 0.25) is 0 Å². The lowest BCUT2D eigenvalue weighted by molar-refractivity contribution is -0.385. The van der Waals surface area contributed by atoms with Gasteiger partial charge in [-0.05, 0) is 34.1 Å². The van der Waals surface area contributed by atoms with Crippen molar-refractivity contribution in [1.82, 2.24) is 10.2 Å². The Bertz CT molecular complexity index is 912. The predicted molar refractivity (Wildman–Crippen MR) is 91.4 cm³/mol. The molecule has 1 aromatic heterocycles. The van der Waals surface area contributed by atoms with Gasteiger partial charge in [-0.25, -0.2) is 0 Å². The Hall–Kier alpha value is -2.94. The number of rotatable bonds is 6. The monoisotopic (exact) mass is 405 g/mol. The van der Waals surface area contributed by atoms with Crippen molar-refractivity contribution in [2.75, 3.05) is 7.11 Å². The zero-order valence-corrected chi connectivity index (χ0v) is 14.6. The third-order valence-corrected chi connectivity index (χ3v) is 3.97. The molecule has 9 heteroatoms. The van der Waals surface area contributed by atoms with Crippen LogP contribution in [0.1, 0.15) is 5.89 Å². The lowest BCUT2D eigenvalue weighted by atomic mass is 10.2. The lowest BCUT2D eigenvalue weighted by Crippen LogP contribution is -1.99. The van der Waals surface area contributed by atoms with Gasteiger partial charge < -0.3 is 13.9 Å². The van der Waals surface area contributed by atoms with E-state index in [-0.39, 0.29) is 23.9 Å². The van der Waals surface area contributed by atoms with Gasteiger partial charge >= 0.3 is 0 Å². The molecule has 0 spiro atoms. The molecule has 0 saturated carbocycles. The maximum absolute atomic E-state index is 10.9. The average molecular weight is 406 g/mol. The highest BCUT2D eigenvalue weighted by molar-refractivity contribution is 9.10. The first-order chi connectivity index (χ1) is 12.1. The number of nitrogens with zero attached hydrogens (tertiary/aromatic N) is 3. The molecular weight excluding hydrogens is 394 g/mol. The molecule has 2 aromatic carbocycles. The summed E-state index contributed by atoms with van der Waals surface area (Å²) in [5.41, 5.74) is 0.657. The van der Waals surface area contributed by atoms with Crippen LogP contribution in [0.5, 0.6) is 11.5 Å². The fraction of sp³-hybridized carbons (Fsp3) is 0.125. The van der Waals surface area contributed by atoms with Gasteiger partial charge in [0.15, 0.2) is 18.1 Å². The molecule has 0 N–H and O–H groups in total. The Kier molecular flexibility index (Phi) is 4.94. The maximum Gasteiger partial charge on any atom is 0.273 e. The van der Waals surface area contributed by atoms with Gasteiger partial charge in [-0.3, -0.25) is 10.1 Å². The van der Waals surface area contributed by atoms with Crippen LogP contribution in [-0.4, -0.2) is 22.2 Å². The topological polar surface area (TPSA) is 101 Å². The highest BCUT2D eigenvalue weighted by atomic mass is 79.9. The molecule has 8 nitrogen and oxygen atoms in total. The maximum atomic E-state index is 10.9. The molecule has 25 heavy (non-hydrogen) atoms. The molecule has 0 unspecified atom stereocenters. The van der Waals surface area contributed by atoms with Crippen molar-refractivity contribution in [1.29, 1.82) is 0 Å². The van der Waals surface area contributed by atoms with Gasteiger partial charge in [0.2, 0.25) is 5.89 Å². The van der Waals surface area contributed by atoms with E-state index in [1.54, 1.807) is 0 Å². The van der Waals surface area contributed by atoms with E-state index in [2.05, 4.69) is 26.1 Å². The molecule has 0 aliphatic heterocycles. The summed E-state index contributed by atoms with van der Waals surface area (Å²) < 4.78 is 17.1. The van der Waals surface area contributed by atoms with Gasteiger partial charge in [-0.1, -0.05) is 12.1 Å². The number of ether oxygens (including phenoxy) is 2. The van der Waals surface area contributed by atoms with Crippen molar-refractivity contribution in [3.8, 4) is 23.0 Å². The number of halogens is 1. The molecule has 0 atom stereocenters. The van der Waals surface area contributed by atoms with Crippen LogP contribution in [0.25, 0.3) is 11.5 Å². The molecule has 0 bridgehead atoms. The fourth-order valence-electron chi connectivity index (χ4n) is 2.09. The summed E-state index contributed by atoms with van der Waals surface area (Å²) >= 11 is 3.42. The number of hydrogen-bond acceptors (Lipinski definition) is 7. The number of benzene rings is 2. The van der Waals surface area contributed by atoms with Gasteiger partial charge in [0.05, 0.1) is 23.7 Å². The molecule has 0 radical (unpaired) electrons. The molecule has 3 rings (SSSR count). The van der Waals surface area contributed by atoms with Crippen LogP contribution in [0, 0.1) is 10.1 Å². The standard InChI is InChI=1S/C16H12BrN3O5/c1-23-13-7-6-10(20(21)22)8-14(13)24-9-15-18-19-16(25-15)11-4-2-3-5-12(11)17/h2-8H,9H2,1H3. The SMILES string of the molecule is COc1ccc([N+](=O)[O-])cc1OCc1nnc(-c2ccccc2Br)o1. The zero-order valence-electron chi connectivity index (χ0n) is 13.0. The third-order valence-electron chi connectivity index (χ3n) is 3.28. The molecule has 0 aliphatic carbocycles. The Balaban J connectivity index is 1.78. The summed E-state index contributed by atoms with van der Waals surface area (Å²) in [7, 11) is 1.45. The summed E-state index contributed by atoms with van der Waals surface area (Å²) in [5, 5.41) is 18.8. The van der Waals surface area contributed by atoms with Gasteiger partial charge in [0, 0.05) is 10.5 Å². The van der Waals surface area contributed by atoms with Gasteiger partial charge in [0.1, 0.15) is 0 Å². The molecule has 0 fully saturated rings. The first-order valence-electron chi connectivity index (χ1n) is 7.11. The average Bonchev–Trinajstić information content (AvgIpc) is 3.08. The van der Waals surface area contributed by atoms with Crippen molar-refractivity contribution >= 4 is 21.6 Å². The van der Waals surface area contributed by atoms with E-state index >= 15 is 0 Å². The van der Waals surface area contributed by atoms with Crippen molar-refractivity contribution < 1.29 is 18.8 Å². The third kappa shape index (κ3) is 3.77. The van der Waals surface area contributed by atoms with Crippen LogP contribution in [0.4, 0.5) is 5.69 Å². The normalized spacial score (nSPS) is 10.5. The summed E-state index contributed by atoms with van der Waals surface area (Å²) in [6, 6.07) is 11.5. The van der Waals surface area contributed by atoms with Crippen molar-refractivity contribution in [2.45, 2.75) is 6.61 Å². The first-order valence-corrected chi connectivity index (χ1v) is 7.90. The number of nitro benzene ring substituents is 1. The highest BCUT2D eigenvalue weighted by Gasteiger charge is 2.15. The number of methoxy groups -OCH3 is 1. The van der Waals surface area contributed by atoms with E-state index < -0.39 is 4.92 Å². The molecule has 3 aromatic rings. The second-order valence-corrected chi connectivity index (χ2v) is 5.72. The molecular formula is C16H12BrN3O5. The molecule has 128 valence electrons. The summed E-state index contributed by atoms with van der Waals surface area (Å²) in [5.74, 6) is 1.17. The number of nitro groups is 1. The Morgan fingerprint density at radius 3 is 2.72 bits per heavy atom. The van der Waals surface area contributed by atoms with Crippen LogP contribution in [0.3, 0.4) is 0 Å². The van der Waals surface area contributed by atoms with Crippen LogP contribution in [0.15, 0.2) is 51.4 Å². The molecule has 0 amide bonds. The quantitative estimate of drug-likeness (QED) is 0.451. The van der Waals surface area contributed by atoms with E-state index in [0.717, 1.165) is 10.0 Å². The predicted octanol–water partition coefficient (Wildman–Crippen LogP) is 3.99. The Morgan fingerprint density at radius 1 is 1.20 bits per heavy atom. The largest absolute Gasteiger partial charge is 0.493 e. The fourth-order valence-corrected chi connectivity index (χ4v) is 2.54. The number of hydrogen-bond donors (Lipinski definition) is 0. The smallest absolute Gasteiger partial charge is 0.273 e. The minimum atomic E-state index is -0.510. The van der Waals surface area contributed by atoms with E-state index in [9.17, 15) is 10.1 Å². The van der Waals surface area contributed by atoms with Crippen LogP contribution < -0.4 is 9.47 Å². The van der Waals surface area contributed by atoms with Crippen molar-refractivity contribution in [3.05, 3.63) is 62.9 Å². The number of non-ortho nitro benzene ring substituents is 1. The van der Waals surface area contributed by atoms with Gasteiger partial charge in [-0.15, -0.1) is 10.2 Å². The van der Waals surface area contributed by atoms with E-state index in [1.165, 1.54) is 25.3 Å². The van der Waals surface area contributed by atoms with Crippen molar-refractivity contribution in [2.24, 2.45) is 0 Å². The van der Waals surface area contributed by atoms with Crippen molar-refractivity contribution in [3.63, 3.8) is 0 Å². The highest BCUT2D eigenvalue weighted by Crippen LogP contribution is 2.32. The first kappa shape index (κ1) is 16.9. The Labute approximate surface area is 150 Å². The molecule has 0 saturated heterocycles. The second-order valence-electron chi connectivity index (χ2n) is 4.86. The summed E-state index contributed by atoms with van der Waals surface area (Å²) in [6.07, 6.45) is 0. The van der Waals surface area contributed by atoms with Gasteiger partial charge in [-0.2, -0.15) is 0 Å². The number of aromatic nitrogens is 2. The minimum Gasteiger partial charge on any atom is -0.493 e. The molecule has 1 heterocycles. The van der Waals surface area contributed by atoms with E-state index in [4.69, 9.17) is 13.9 Å². The second kappa shape index (κ2) is 7.31. The summed E-state index contributed by atoms with van der Waals surface area (Å²) in [4.78, 5) is 10.4. The zero-order chi connectivity index (χ0) is 17.8. The minimum absolute atomic E-state index is 0.0466. The summed E-state index contributed by atoms with van der Waals surface area (Å²) in [6.45, 7) is -0.0466. The van der Waals surface area contributed by atoms with Crippen LogP contribution >= 0.6 is 15.9 Å². The van der Waals surface area contributed by atoms with E-state index in [1.807, 2.05) is 24.3 Å². The Morgan fingerprint density at radius 2 is 2.00 bits per heavy atom. The van der Waals surface area contributed by atoms with Crippen LogP contribution in [-0.2, 0) is 6.61 Å².